The largest absolute Gasteiger partial charge is 0.507 e. The highest BCUT2D eigenvalue weighted by Gasteiger charge is 2.67. The summed E-state index contributed by atoms with van der Waals surface area (Å²) in [5.41, 5.74) is 0.0790. The Morgan fingerprint density at radius 3 is 2.47 bits per heavy atom. The molecule has 0 radical (unpaired) electrons. The molecule has 3 N–H and O–H groups in total. The number of likely N-dealkylation sites (tertiary alicyclic amines) is 1. The lowest BCUT2D eigenvalue weighted by molar-refractivity contribution is -0.373. The summed E-state index contributed by atoms with van der Waals surface area (Å²) in [4.78, 5) is 41.1. The van der Waals surface area contributed by atoms with E-state index >= 15 is 0 Å². The molecule has 11 nitrogen and oxygen atoms in total. The van der Waals surface area contributed by atoms with Gasteiger partial charge in [0.15, 0.2) is 11.6 Å². The Hall–Kier alpha value is -2.57. The molecule has 2 bridgehead atoms. The Labute approximate surface area is 253 Å². The number of ketones is 1. The van der Waals surface area contributed by atoms with E-state index in [2.05, 4.69) is 19.2 Å². The maximum Gasteiger partial charge on any atom is 0.264 e. The number of fused-ring (bicyclic) bond motifs is 3. The van der Waals surface area contributed by atoms with Crippen molar-refractivity contribution in [3.63, 3.8) is 0 Å². The molecular weight excluding hydrogens is 556 g/mol. The summed E-state index contributed by atoms with van der Waals surface area (Å²) in [6.07, 6.45) is 5.51. The molecule has 43 heavy (non-hydrogen) atoms. The Kier molecular flexibility index (Phi) is 8.69. The SMILES string of the molecule is CNC(=O)[C@@H](C)[C@H]1C(=O)\C(=C(O)/C=C/C(C)=C/[C@@H](C)[C@@H]2O[C@]3(C)O[C@@H](CC[C@@]34CO4)[C@H]2C)C(=O)N1[C@@H]1CC[C@H](O)[C@H](C)O1. The van der Waals surface area contributed by atoms with E-state index in [4.69, 9.17) is 18.9 Å². The number of carbonyl (C=O) groups excluding carboxylic acids is 3. The van der Waals surface area contributed by atoms with E-state index < -0.39 is 59.5 Å². The van der Waals surface area contributed by atoms with Gasteiger partial charge in [0, 0.05) is 18.9 Å². The van der Waals surface area contributed by atoms with Crippen LogP contribution in [0.15, 0.2) is 35.1 Å². The molecule has 5 aliphatic heterocycles. The lowest BCUT2D eigenvalue weighted by atomic mass is 9.78. The van der Waals surface area contributed by atoms with Gasteiger partial charge in [-0.2, -0.15) is 0 Å². The number of rotatable bonds is 7. The number of epoxide rings is 1. The third-order valence-electron chi connectivity index (χ3n) is 10.1. The number of carbonyl (C=O) groups is 3. The summed E-state index contributed by atoms with van der Waals surface area (Å²) in [5, 5.41) is 23.7. The van der Waals surface area contributed by atoms with Crippen LogP contribution in [0.2, 0.25) is 0 Å². The molecule has 0 unspecified atom stereocenters. The number of hydrogen-bond donors (Lipinski definition) is 3. The van der Waals surface area contributed by atoms with Crippen molar-refractivity contribution in [3.05, 3.63) is 35.1 Å². The zero-order valence-electron chi connectivity index (χ0n) is 26.2. The summed E-state index contributed by atoms with van der Waals surface area (Å²) >= 11 is 0. The van der Waals surface area contributed by atoms with Gasteiger partial charge in [0.05, 0.1) is 36.9 Å². The van der Waals surface area contributed by atoms with Gasteiger partial charge in [-0.15, -0.1) is 0 Å². The molecule has 2 amide bonds. The molecule has 5 saturated heterocycles. The Balaban J connectivity index is 1.36. The summed E-state index contributed by atoms with van der Waals surface area (Å²) in [6.45, 7) is 12.0. The highest BCUT2D eigenvalue weighted by atomic mass is 16.8. The van der Waals surface area contributed by atoms with Crippen LogP contribution >= 0.6 is 0 Å². The molecule has 0 aliphatic carbocycles. The fraction of sp³-hybridized carbons (Fsp3) is 0.719. The summed E-state index contributed by atoms with van der Waals surface area (Å²) < 4.78 is 24.5. The van der Waals surface area contributed by atoms with Crippen LogP contribution in [0.4, 0.5) is 0 Å². The van der Waals surface area contributed by atoms with Crippen LogP contribution in [0.5, 0.6) is 0 Å². The Bertz CT molecular complexity index is 1240. The predicted molar refractivity (Wildman–Crippen MR) is 155 cm³/mol. The zero-order chi connectivity index (χ0) is 31.4. The van der Waals surface area contributed by atoms with Crippen molar-refractivity contribution in [1.29, 1.82) is 0 Å². The molecule has 5 rings (SSSR count). The van der Waals surface area contributed by atoms with Crippen LogP contribution in [0.25, 0.3) is 0 Å². The molecule has 0 aromatic rings. The molecule has 5 fully saturated rings. The molecule has 238 valence electrons. The third kappa shape index (κ3) is 5.59. The topological polar surface area (TPSA) is 147 Å². The van der Waals surface area contributed by atoms with Gasteiger partial charge >= 0.3 is 0 Å². The van der Waals surface area contributed by atoms with Crippen LogP contribution in [0.3, 0.4) is 0 Å². The van der Waals surface area contributed by atoms with Gasteiger partial charge in [-0.05, 0) is 52.5 Å². The van der Waals surface area contributed by atoms with Gasteiger partial charge in [0.2, 0.25) is 5.91 Å². The highest BCUT2D eigenvalue weighted by molar-refractivity contribution is 6.27. The van der Waals surface area contributed by atoms with Crippen LogP contribution < -0.4 is 5.32 Å². The fourth-order valence-corrected chi connectivity index (χ4v) is 7.26. The first-order valence-corrected chi connectivity index (χ1v) is 15.4. The zero-order valence-corrected chi connectivity index (χ0v) is 26.2. The van der Waals surface area contributed by atoms with E-state index in [1.165, 1.54) is 18.0 Å². The second-order valence-electron chi connectivity index (χ2n) is 13.1. The molecule has 0 aromatic heterocycles. The van der Waals surface area contributed by atoms with Crippen molar-refractivity contribution in [2.45, 2.75) is 115 Å². The van der Waals surface area contributed by atoms with Crippen molar-refractivity contribution >= 4 is 17.6 Å². The minimum Gasteiger partial charge on any atom is -0.507 e. The summed E-state index contributed by atoms with van der Waals surface area (Å²) in [6, 6.07) is -1.14. The first kappa shape index (κ1) is 31.8. The number of allylic oxidation sites excluding steroid dienone is 3. The van der Waals surface area contributed by atoms with Gasteiger partial charge in [0.25, 0.3) is 5.91 Å². The molecule has 11 atom stereocenters. The number of amides is 2. The van der Waals surface area contributed by atoms with E-state index in [0.29, 0.717) is 19.4 Å². The molecular formula is C32H46N2O9. The molecule has 5 heterocycles. The normalized spacial score (nSPS) is 42.4. The Morgan fingerprint density at radius 2 is 1.84 bits per heavy atom. The highest BCUT2D eigenvalue weighted by Crippen LogP contribution is 2.55. The third-order valence-corrected chi connectivity index (χ3v) is 10.1. The van der Waals surface area contributed by atoms with Crippen molar-refractivity contribution in [2.24, 2.45) is 17.8 Å². The second kappa shape index (κ2) is 11.7. The molecule has 0 aromatic carbocycles. The van der Waals surface area contributed by atoms with Gasteiger partial charge < -0.3 is 39.4 Å². The smallest absolute Gasteiger partial charge is 0.264 e. The number of ether oxygens (including phenoxy) is 4. The average molecular weight is 603 g/mol. The number of aliphatic hydroxyl groups is 2. The molecule has 1 spiro atoms. The van der Waals surface area contributed by atoms with E-state index in [-0.39, 0.29) is 35.2 Å². The quantitative estimate of drug-likeness (QED) is 0.132. The average Bonchev–Trinajstić information content (AvgIpc) is 3.71. The molecule has 5 aliphatic rings. The lowest BCUT2D eigenvalue weighted by Crippen LogP contribution is -2.63. The minimum absolute atomic E-state index is 0.0119. The van der Waals surface area contributed by atoms with Gasteiger partial charge in [-0.1, -0.05) is 38.5 Å². The van der Waals surface area contributed by atoms with Gasteiger partial charge in [-0.25, -0.2) is 0 Å². The van der Waals surface area contributed by atoms with Crippen LogP contribution in [0.1, 0.15) is 67.2 Å². The van der Waals surface area contributed by atoms with Crippen molar-refractivity contribution in [2.75, 3.05) is 13.7 Å². The summed E-state index contributed by atoms with van der Waals surface area (Å²) in [7, 11) is 1.46. The first-order chi connectivity index (χ1) is 20.2. The maximum atomic E-state index is 13.6. The second-order valence-corrected chi connectivity index (χ2v) is 13.1. The van der Waals surface area contributed by atoms with E-state index in [0.717, 1.165) is 18.4 Å². The Morgan fingerprint density at radius 1 is 1.14 bits per heavy atom. The van der Waals surface area contributed by atoms with Gasteiger partial charge in [-0.3, -0.25) is 14.4 Å². The standard InChI is InChI=1S/C32H46N2O9/c1-16(14-17(2)28-18(3)23-12-13-32(15-40-32)31(6,42-23)43-28)8-9-22(36)25-27(37)26(19(4)29(38)33-7)34(30(25)39)24-11-10-21(35)20(5)41-24/h8-9,14,17-21,23-24,26,28,35-36H,10-13,15H2,1-7H3,(H,33,38)/b9-8+,16-14+,25-22-/t17-,18-,19+,20+,21+,23+,24+,26+,28+,31+,32-/m1/s1. The predicted octanol–water partition coefficient (Wildman–Crippen LogP) is 2.68. The number of Topliss-reactive ketones (excluding diaryl/α,β-unsaturated/α-hetero) is 1. The van der Waals surface area contributed by atoms with Crippen molar-refractivity contribution in [3.8, 4) is 0 Å². The van der Waals surface area contributed by atoms with E-state index in [1.54, 1.807) is 19.9 Å². The number of aliphatic hydroxyl groups excluding tert-OH is 2. The fourth-order valence-electron chi connectivity index (χ4n) is 7.26. The van der Waals surface area contributed by atoms with Crippen molar-refractivity contribution in [1.82, 2.24) is 10.2 Å². The summed E-state index contributed by atoms with van der Waals surface area (Å²) in [5.74, 6) is -3.70. The minimum atomic E-state index is -1.14. The number of hydrogen-bond acceptors (Lipinski definition) is 9. The molecule has 0 saturated carbocycles. The van der Waals surface area contributed by atoms with E-state index in [9.17, 15) is 24.6 Å². The number of nitrogens with zero attached hydrogens (tertiary/aromatic N) is 1. The maximum absolute atomic E-state index is 13.6. The van der Waals surface area contributed by atoms with Crippen LogP contribution in [-0.2, 0) is 33.3 Å². The monoisotopic (exact) mass is 602 g/mol. The molecule has 11 heteroatoms. The first-order valence-electron chi connectivity index (χ1n) is 15.4. The van der Waals surface area contributed by atoms with Crippen molar-refractivity contribution < 1.29 is 43.5 Å². The number of nitrogens with one attached hydrogen (secondary N) is 1. The lowest BCUT2D eigenvalue weighted by Gasteiger charge is -2.53. The van der Waals surface area contributed by atoms with Crippen LogP contribution in [-0.4, -0.2) is 94.4 Å². The van der Waals surface area contributed by atoms with Crippen LogP contribution in [0, 0.1) is 17.8 Å². The van der Waals surface area contributed by atoms with Gasteiger partial charge in [0.1, 0.15) is 29.2 Å². The van der Waals surface area contributed by atoms with E-state index in [1.807, 2.05) is 19.9 Å².